The number of nitrogens with one attached hydrogen (secondary N) is 1. The number of hydrogen-bond donors (Lipinski definition) is 2. The van der Waals surface area contributed by atoms with E-state index in [1.54, 1.807) is 60.6 Å². The minimum atomic E-state index is -3.93. The molecule has 0 saturated carbocycles. The Hall–Kier alpha value is -3.47. The molecule has 3 atom stereocenters. The quantitative estimate of drug-likeness (QED) is 0.430. The van der Waals surface area contributed by atoms with Crippen LogP contribution in [0.3, 0.4) is 0 Å². The van der Waals surface area contributed by atoms with Gasteiger partial charge in [-0.25, -0.2) is 8.42 Å². The highest BCUT2D eigenvalue weighted by Gasteiger charge is 2.35. The Morgan fingerprint density at radius 3 is 2.53 bits per heavy atom. The standard InChI is InChI=1S/C28H34N4O5S/c1-20-16-32(21(2)19-33)28(34)24-10-7-11-25(30-38(35,36)23-8-5-4-6-9-23)27(24)37-26(20)18-31(3)17-22-12-14-29-15-13-22/h4-15,20-21,26,30,33H,16-19H2,1-3H3/t20-,21+,26-/m0/s1. The van der Waals surface area contributed by atoms with Crippen LogP contribution >= 0.6 is 0 Å². The summed E-state index contributed by atoms with van der Waals surface area (Å²) in [5.74, 6) is -0.251. The Kier molecular flexibility index (Phi) is 8.65. The van der Waals surface area contributed by atoms with Gasteiger partial charge in [-0.05, 0) is 55.9 Å². The lowest BCUT2D eigenvalue weighted by atomic mass is 9.99. The summed E-state index contributed by atoms with van der Waals surface area (Å²) in [6, 6.07) is 16.4. The lowest BCUT2D eigenvalue weighted by Gasteiger charge is -2.38. The molecule has 4 rings (SSSR count). The van der Waals surface area contributed by atoms with Gasteiger partial charge >= 0.3 is 0 Å². The molecule has 1 aliphatic rings. The number of likely N-dealkylation sites (N-methyl/N-ethyl adjacent to an activating group) is 1. The first-order chi connectivity index (χ1) is 18.2. The molecule has 0 spiro atoms. The van der Waals surface area contributed by atoms with Crippen LogP contribution in [0.5, 0.6) is 5.75 Å². The molecule has 1 aliphatic heterocycles. The van der Waals surface area contributed by atoms with Gasteiger partial charge in [0.2, 0.25) is 0 Å². The number of para-hydroxylation sites is 1. The van der Waals surface area contributed by atoms with Gasteiger partial charge in [-0.3, -0.25) is 19.4 Å². The summed E-state index contributed by atoms with van der Waals surface area (Å²) in [5, 5.41) is 9.88. The van der Waals surface area contributed by atoms with Crippen molar-refractivity contribution in [3.8, 4) is 5.75 Å². The molecule has 10 heteroatoms. The van der Waals surface area contributed by atoms with Crippen molar-refractivity contribution >= 4 is 21.6 Å². The van der Waals surface area contributed by atoms with Crippen LogP contribution in [0.1, 0.15) is 29.8 Å². The van der Waals surface area contributed by atoms with E-state index in [2.05, 4.69) is 14.6 Å². The number of hydrogen-bond acceptors (Lipinski definition) is 7. The molecule has 2 N–H and O–H groups in total. The first-order valence-corrected chi connectivity index (χ1v) is 14.0. The van der Waals surface area contributed by atoms with E-state index in [1.807, 2.05) is 26.1 Å². The number of sulfonamides is 1. The molecule has 38 heavy (non-hydrogen) atoms. The molecule has 1 aromatic heterocycles. The first kappa shape index (κ1) is 27.6. The molecule has 0 aliphatic carbocycles. The second kappa shape index (κ2) is 11.9. The van der Waals surface area contributed by atoms with Crippen LogP contribution in [0.2, 0.25) is 0 Å². The molecule has 2 aromatic carbocycles. The number of rotatable bonds is 9. The number of pyridine rings is 1. The van der Waals surface area contributed by atoms with E-state index in [9.17, 15) is 18.3 Å². The lowest BCUT2D eigenvalue weighted by molar-refractivity contribution is 0.0344. The van der Waals surface area contributed by atoms with Gasteiger partial charge < -0.3 is 14.7 Å². The van der Waals surface area contributed by atoms with Gasteiger partial charge in [0.05, 0.1) is 28.8 Å². The van der Waals surface area contributed by atoms with Crippen LogP contribution in [-0.2, 0) is 16.6 Å². The van der Waals surface area contributed by atoms with Gasteiger partial charge in [0, 0.05) is 37.9 Å². The Morgan fingerprint density at radius 1 is 1.13 bits per heavy atom. The zero-order chi connectivity index (χ0) is 27.3. The van der Waals surface area contributed by atoms with Gasteiger partial charge in [0.25, 0.3) is 15.9 Å². The van der Waals surface area contributed by atoms with E-state index in [1.165, 1.54) is 12.1 Å². The topological polar surface area (TPSA) is 112 Å². The number of aromatic nitrogens is 1. The predicted octanol–water partition coefficient (Wildman–Crippen LogP) is 3.23. The zero-order valence-corrected chi connectivity index (χ0v) is 22.6. The van der Waals surface area contributed by atoms with E-state index < -0.39 is 16.1 Å². The third-order valence-electron chi connectivity index (χ3n) is 6.68. The van der Waals surface area contributed by atoms with Crippen molar-refractivity contribution in [2.75, 3.05) is 31.5 Å². The maximum atomic E-state index is 13.6. The van der Waals surface area contributed by atoms with Crippen molar-refractivity contribution in [1.82, 2.24) is 14.8 Å². The molecular weight excluding hydrogens is 504 g/mol. The van der Waals surface area contributed by atoms with Crippen LogP contribution in [-0.4, -0.2) is 73.1 Å². The zero-order valence-electron chi connectivity index (χ0n) is 21.8. The number of fused-ring (bicyclic) bond motifs is 1. The SMILES string of the molecule is C[C@H](CO)N1C[C@H](C)[C@H](CN(C)Cc2ccncc2)Oc2c(NS(=O)(=O)c3ccccc3)cccc2C1=O. The maximum absolute atomic E-state index is 13.6. The van der Waals surface area contributed by atoms with E-state index >= 15 is 0 Å². The first-order valence-electron chi connectivity index (χ1n) is 12.6. The van der Waals surface area contributed by atoms with Crippen molar-refractivity contribution in [2.24, 2.45) is 5.92 Å². The molecule has 1 amide bonds. The summed E-state index contributed by atoms with van der Waals surface area (Å²) in [6.45, 7) is 5.17. The number of carbonyl (C=O) groups is 1. The van der Waals surface area contributed by atoms with Gasteiger partial charge in [-0.2, -0.15) is 0 Å². The molecule has 3 aromatic rings. The molecule has 0 fully saturated rings. The largest absolute Gasteiger partial charge is 0.486 e. The van der Waals surface area contributed by atoms with Gasteiger partial charge in [-0.1, -0.05) is 31.2 Å². The van der Waals surface area contributed by atoms with Crippen LogP contribution in [0.25, 0.3) is 0 Å². The molecule has 2 heterocycles. The highest BCUT2D eigenvalue weighted by atomic mass is 32.2. The molecule has 0 radical (unpaired) electrons. The summed E-state index contributed by atoms with van der Waals surface area (Å²) in [5.41, 5.74) is 1.53. The smallest absolute Gasteiger partial charge is 0.262 e. The number of nitrogens with zero attached hydrogens (tertiary/aromatic N) is 3. The predicted molar refractivity (Wildman–Crippen MR) is 145 cm³/mol. The van der Waals surface area contributed by atoms with Crippen LogP contribution in [0.15, 0.2) is 78.0 Å². The average Bonchev–Trinajstić information content (AvgIpc) is 2.91. The second-order valence-corrected chi connectivity index (χ2v) is 11.5. The van der Waals surface area contributed by atoms with Crippen molar-refractivity contribution in [1.29, 1.82) is 0 Å². The van der Waals surface area contributed by atoms with Crippen molar-refractivity contribution < 1.29 is 23.1 Å². The molecular formula is C28H34N4O5S. The highest BCUT2D eigenvalue weighted by molar-refractivity contribution is 7.92. The summed E-state index contributed by atoms with van der Waals surface area (Å²) >= 11 is 0. The van der Waals surface area contributed by atoms with Crippen molar-refractivity contribution in [3.05, 3.63) is 84.2 Å². The van der Waals surface area contributed by atoms with Crippen molar-refractivity contribution in [3.63, 3.8) is 0 Å². The fourth-order valence-electron chi connectivity index (χ4n) is 4.52. The summed E-state index contributed by atoms with van der Waals surface area (Å²) in [7, 11) is -1.94. The number of anilines is 1. The molecule has 0 bridgehead atoms. The third kappa shape index (κ3) is 6.32. The number of ether oxygens (including phenoxy) is 1. The summed E-state index contributed by atoms with van der Waals surface area (Å²) < 4.78 is 35.5. The van der Waals surface area contributed by atoms with Gasteiger partial charge in [0.15, 0.2) is 5.75 Å². The van der Waals surface area contributed by atoms with Crippen LogP contribution in [0.4, 0.5) is 5.69 Å². The minimum Gasteiger partial charge on any atom is -0.486 e. The van der Waals surface area contributed by atoms with Crippen LogP contribution in [0, 0.1) is 5.92 Å². The average molecular weight is 539 g/mol. The third-order valence-corrected chi connectivity index (χ3v) is 8.06. The fraction of sp³-hybridized carbons (Fsp3) is 0.357. The number of carbonyl (C=O) groups excluding carboxylic acids is 1. The number of aliphatic hydroxyl groups excluding tert-OH is 1. The van der Waals surface area contributed by atoms with Crippen molar-refractivity contribution in [2.45, 2.75) is 37.4 Å². The normalized spacial score (nSPS) is 18.8. The molecule has 202 valence electrons. The number of aliphatic hydroxyl groups is 1. The van der Waals surface area contributed by atoms with E-state index in [0.29, 0.717) is 19.6 Å². The van der Waals surface area contributed by atoms with E-state index in [-0.39, 0.29) is 46.4 Å². The van der Waals surface area contributed by atoms with E-state index in [0.717, 1.165) is 5.56 Å². The Bertz CT molecular complexity index is 1340. The Balaban J connectivity index is 1.71. The number of benzene rings is 2. The highest BCUT2D eigenvalue weighted by Crippen LogP contribution is 2.36. The van der Waals surface area contributed by atoms with E-state index in [4.69, 9.17) is 4.74 Å². The molecule has 9 nitrogen and oxygen atoms in total. The van der Waals surface area contributed by atoms with Crippen LogP contribution < -0.4 is 9.46 Å². The molecule has 0 unspecified atom stereocenters. The second-order valence-electron chi connectivity index (χ2n) is 9.78. The van der Waals surface area contributed by atoms with Gasteiger partial charge in [-0.15, -0.1) is 0 Å². The maximum Gasteiger partial charge on any atom is 0.262 e. The summed E-state index contributed by atoms with van der Waals surface area (Å²) in [6.07, 6.45) is 3.13. The Labute approximate surface area is 224 Å². The molecule has 0 saturated heterocycles. The van der Waals surface area contributed by atoms with Gasteiger partial charge in [0.1, 0.15) is 6.10 Å². The fourth-order valence-corrected chi connectivity index (χ4v) is 5.60. The summed E-state index contributed by atoms with van der Waals surface area (Å²) in [4.78, 5) is 21.6. The lowest BCUT2D eigenvalue weighted by Crippen LogP contribution is -2.49. The Morgan fingerprint density at radius 2 is 1.84 bits per heavy atom. The monoisotopic (exact) mass is 538 g/mol. The minimum absolute atomic E-state index is 0.104. The number of amides is 1.